The zero-order valence-corrected chi connectivity index (χ0v) is 15.3. The topological polar surface area (TPSA) is 56.1 Å². The molecule has 1 fully saturated rings. The lowest BCUT2D eigenvalue weighted by Crippen LogP contribution is -2.23. The van der Waals surface area contributed by atoms with Crippen LogP contribution in [-0.4, -0.2) is 46.6 Å². The fourth-order valence-electron chi connectivity index (χ4n) is 3.24. The van der Waals surface area contributed by atoms with Crippen LogP contribution in [0.15, 0.2) is 48.9 Å². The molecule has 4 rings (SSSR count). The average molecular weight is 370 g/mol. The molecule has 0 amide bonds. The van der Waals surface area contributed by atoms with Crippen LogP contribution in [0.4, 0.5) is 5.95 Å². The monoisotopic (exact) mass is 369 g/mol. The van der Waals surface area contributed by atoms with E-state index in [1.165, 1.54) is 0 Å². The summed E-state index contributed by atoms with van der Waals surface area (Å²) in [6.45, 7) is 2.67. The fourth-order valence-corrected chi connectivity index (χ4v) is 3.36. The summed E-state index contributed by atoms with van der Waals surface area (Å²) in [6.07, 6.45) is 6.70. The van der Waals surface area contributed by atoms with Crippen molar-refractivity contribution >= 4 is 17.5 Å². The summed E-state index contributed by atoms with van der Waals surface area (Å²) in [5.74, 6) is 1.31. The number of aromatic nitrogens is 4. The van der Waals surface area contributed by atoms with Gasteiger partial charge in [0.15, 0.2) is 0 Å². The van der Waals surface area contributed by atoms with E-state index < -0.39 is 0 Å². The Balaban J connectivity index is 1.55. The molecule has 3 aromatic rings. The number of benzene rings is 1. The number of halogens is 1. The normalized spacial score (nSPS) is 17.0. The van der Waals surface area contributed by atoms with Crippen molar-refractivity contribution in [2.75, 3.05) is 31.7 Å². The van der Waals surface area contributed by atoms with E-state index in [2.05, 4.69) is 15.0 Å². The fraction of sp³-hybridized carbons (Fsp3) is 0.316. The molecule has 134 valence electrons. The van der Waals surface area contributed by atoms with Crippen LogP contribution in [0.2, 0.25) is 5.02 Å². The van der Waals surface area contributed by atoms with Gasteiger partial charge in [-0.2, -0.15) is 5.10 Å². The minimum Gasteiger partial charge on any atom is -0.384 e. The molecule has 1 atom stereocenters. The van der Waals surface area contributed by atoms with Crippen molar-refractivity contribution in [2.45, 2.75) is 6.42 Å². The van der Waals surface area contributed by atoms with Crippen LogP contribution in [0, 0.1) is 5.92 Å². The summed E-state index contributed by atoms with van der Waals surface area (Å²) < 4.78 is 7.09. The van der Waals surface area contributed by atoms with Gasteiger partial charge in [-0.25, -0.2) is 14.6 Å². The van der Waals surface area contributed by atoms with E-state index in [1.54, 1.807) is 13.3 Å². The Hall–Kier alpha value is -2.44. The van der Waals surface area contributed by atoms with E-state index in [0.717, 1.165) is 49.0 Å². The van der Waals surface area contributed by atoms with Gasteiger partial charge in [-0.15, -0.1) is 0 Å². The second kappa shape index (κ2) is 7.43. The summed E-state index contributed by atoms with van der Waals surface area (Å²) in [6, 6.07) is 9.49. The van der Waals surface area contributed by atoms with Crippen molar-refractivity contribution in [1.29, 1.82) is 0 Å². The molecule has 26 heavy (non-hydrogen) atoms. The SMILES string of the molecule is COCC1CCN(c2nccc(-c3cnn(-c4ccc(Cl)cc4)c3)n2)C1. The molecule has 1 aliphatic heterocycles. The van der Waals surface area contributed by atoms with Gasteiger partial charge < -0.3 is 9.64 Å². The Bertz CT molecular complexity index is 880. The van der Waals surface area contributed by atoms with Crippen molar-refractivity contribution in [2.24, 2.45) is 5.92 Å². The molecule has 1 aromatic carbocycles. The molecule has 1 unspecified atom stereocenters. The van der Waals surface area contributed by atoms with Gasteiger partial charge in [0, 0.05) is 49.1 Å². The third-order valence-corrected chi connectivity index (χ3v) is 4.84. The maximum absolute atomic E-state index is 5.95. The van der Waals surface area contributed by atoms with Crippen LogP contribution in [-0.2, 0) is 4.74 Å². The Morgan fingerprint density at radius 3 is 2.88 bits per heavy atom. The Morgan fingerprint density at radius 1 is 1.23 bits per heavy atom. The first-order valence-electron chi connectivity index (χ1n) is 8.61. The van der Waals surface area contributed by atoms with Crippen LogP contribution in [0.5, 0.6) is 0 Å². The van der Waals surface area contributed by atoms with Crippen LogP contribution < -0.4 is 4.90 Å². The van der Waals surface area contributed by atoms with Gasteiger partial charge in [0.2, 0.25) is 5.95 Å². The highest BCUT2D eigenvalue weighted by atomic mass is 35.5. The zero-order valence-electron chi connectivity index (χ0n) is 14.5. The quantitative estimate of drug-likeness (QED) is 0.689. The molecular formula is C19H20ClN5O. The highest BCUT2D eigenvalue weighted by Gasteiger charge is 2.24. The minimum atomic E-state index is 0.542. The molecule has 0 aliphatic carbocycles. The first kappa shape index (κ1) is 17.0. The van der Waals surface area contributed by atoms with Crippen LogP contribution in [0.1, 0.15) is 6.42 Å². The van der Waals surface area contributed by atoms with Gasteiger partial charge in [0.1, 0.15) is 0 Å². The number of ether oxygens (including phenoxy) is 1. The highest BCUT2D eigenvalue weighted by molar-refractivity contribution is 6.30. The van der Waals surface area contributed by atoms with E-state index in [9.17, 15) is 0 Å². The van der Waals surface area contributed by atoms with Crippen molar-refractivity contribution in [1.82, 2.24) is 19.7 Å². The lowest BCUT2D eigenvalue weighted by molar-refractivity contribution is 0.161. The van der Waals surface area contributed by atoms with Gasteiger partial charge in [0.25, 0.3) is 0 Å². The summed E-state index contributed by atoms with van der Waals surface area (Å²) in [5.41, 5.74) is 2.78. The third-order valence-electron chi connectivity index (χ3n) is 4.58. The lowest BCUT2D eigenvalue weighted by Gasteiger charge is -2.16. The average Bonchev–Trinajstić information content (AvgIpc) is 3.33. The van der Waals surface area contributed by atoms with Crippen molar-refractivity contribution in [3.8, 4) is 16.9 Å². The van der Waals surface area contributed by atoms with Crippen molar-refractivity contribution < 1.29 is 4.74 Å². The zero-order chi connectivity index (χ0) is 17.9. The van der Waals surface area contributed by atoms with E-state index >= 15 is 0 Å². The van der Waals surface area contributed by atoms with Crippen LogP contribution in [0.3, 0.4) is 0 Å². The number of anilines is 1. The van der Waals surface area contributed by atoms with E-state index in [4.69, 9.17) is 21.3 Å². The van der Waals surface area contributed by atoms with E-state index in [1.807, 2.05) is 47.4 Å². The molecule has 0 saturated carbocycles. The molecule has 0 radical (unpaired) electrons. The predicted molar refractivity (Wildman–Crippen MR) is 102 cm³/mol. The summed E-state index contributed by atoms with van der Waals surface area (Å²) >= 11 is 5.95. The van der Waals surface area contributed by atoms with Crippen molar-refractivity contribution in [3.05, 3.63) is 53.9 Å². The Morgan fingerprint density at radius 2 is 2.08 bits per heavy atom. The number of nitrogens with zero attached hydrogens (tertiary/aromatic N) is 5. The third kappa shape index (κ3) is 3.57. The number of hydrogen-bond donors (Lipinski definition) is 0. The number of methoxy groups -OCH3 is 1. The second-order valence-corrected chi connectivity index (χ2v) is 6.88. The molecule has 2 aromatic heterocycles. The standard InChI is InChI=1S/C19H20ClN5O/c1-26-13-14-7-9-24(11-14)19-21-8-6-18(23-19)15-10-22-25(12-15)17-4-2-16(20)3-5-17/h2-6,8,10,12,14H,7,9,11,13H2,1H3. The molecule has 6 nitrogen and oxygen atoms in total. The van der Waals surface area contributed by atoms with E-state index in [0.29, 0.717) is 10.9 Å². The Labute approximate surface area is 157 Å². The molecule has 0 N–H and O–H groups in total. The molecular weight excluding hydrogens is 350 g/mol. The molecule has 1 aliphatic rings. The molecule has 7 heteroatoms. The maximum Gasteiger partial charge on any atom is 0.225 e. The summed E-state index contributed by atoms with van der Waals surface area (Å²) in [4.78, 5) is 11.4. The van der Waals surface area contributed by atoms with Gasteiger partial charge in [-0.1, -0.05) is 11.6 Å². The molecule has 0 spiro atoms. The van der Waals surface area contributed by atoms with Crippen LogP contribution in [0.25, 0.3) is 16.9 Å². The first-order chi connectivity index (χ1) is 12.7. The predicted octanol–water partition coefficient (Wildman–Crippen LogP) is 3.46. The lowest BCUT2D eigenvalue weighted by atomic mass is 10.1. The Kier molecular flexibility index (Phi) is 4.86. The minimum absolute atomic E-state index is 0.542. The summed E-state index contributed by atoms with van der Waals surface area (Å²) in [5, 5.41) is 5.15. The second-order valence-electron chi connectivity index (χ2n) is 6.45. The van der Waals surface area contributed by atoms with Gasteiger partial charge in [0.05, 0.1) is 24.2 Å². The molecule has 3 heterocycles. The maximum atomic E-state index is 5.95. The number of hydrogen-bond acceptors (Lipinski definition) is 5. The largest absolute Gasteiger partial charge is 0.384 e. The van der Waals surface area contributed by atoms with Gasteiger partial charge >= 0.3 is 0 Å². The van der Waals surface area contributed by atoms with Gasteiger partial charge in [-0.3, -0.25) is 0 Å². The summed E-state index contributed by atoms with van der Waals surface area (Å²) in [7, 11) is 1.75. The molecule has 1 saturated heterocycles. The van der Waals surface area contributed by atoms with Crippen molar-refractivity contribution in [3.63, 3.8) is 0 Å². The smallest absolute Gasteiger partial charge is 0.225 e. The van der Waals surface area contributed by atoms with Gasteiger partial charge in [-0.05, 0) is 36.8 Å². The van der Waals surface area contributed by atoms with E-state index in [-0.39, 0.29) is 0 Å². The van der Waals surface area contributed by atoms with Crippen LogP contribution >= 0.6 is 11.6 Å². The first-order valence-corrected chi connectivity index (χ1v) is 8.98. The number of rotatable bonds is 5. The highest BCUT2D eigenvalue weighted by Crippen LogP contribution is 2.24. The molecule has 0 bridgehead atoms.